The maximum Gasteiger partial charge on any atom is 0.329 e. The van der Waals surface area contributed by atoms with Gasteiger partial charge in [0.1, 0.15) is 6.04 Å². The summed E-state index contributed by atoms with van der Waals surface area (Å²) < 4.78 is 32.3. The third-order valence-corrected chi connectivity index (χ3v) is 6.48. The Balaban J connectivity index is 1.72. The number of sulfonamides is 1. The second kappa shape index (κ2) is 9.27. The third kappa shape index (κ3) is 5.17. The Morgan fingerprint density at radius 2 is 1.73 bits per heavy atom. The van der Waals surface area contributed by atoms with Crippen molar-refractivity contribution < 1.29 is 22.7 Å². The predicted octanol–water partition coefficient (Wildman–Crippen LogP) is 1.45. The van der Waals surface area contributed by atoms with E-state index < -0.39 is 22.1 Å². The standard InChI is InChI=1S/C21H25N3O5S/c1-15-8-6-7-11-19(15)30(27,28)23-21(26)22-18(12-16-9-4-3-5-10-16)20(25)24-13-17(14-24)29-2/h3-11,17-18H,12-14H2,1-2H3,(H2,22,23,26). The summed E-state index contributed by atoms with van der Waals surface area (Å²) in [5.74, 6) is -0.282. The monoisotopic (exact) mass is 431 g/mol. The average Bonchev–Trinajstić information content (AvgIpc) is 2.67. The Hall–Kier alpha value is -2.91. The number of nitrogens with zero attached hydrogens (tertiary/aromatic N) is 1. The molecule has 2 N–H and O–H groups in total. The fraction of sp³-hybridized carbons (Fsp3) is 0.333. The van der Waals surface area contributed by atoms with Gasteiger partial charge in [-0.3, -0.25) is 4.79 Å². The molecule has 2 aromatic carbocycles. The van der Waals surface area contributed by atoms with Gasteiger partial charge in [-0.2, -0.15) is 0 Å². The number of ether oxygens (including phenoxy) is 1. The predicted molar refractivity (Wildman–Crippen MR) is 111 cm³/mol. The molecule has 1 aliphatic heterocycles. The van der Waals surface area contributed by atoms with Gasteiger partial charge >= 0.3 is 6.03 Å². The first kappa shape index (κ1) is 21.8. The van der Waals surface area contributed by atoms with Gasteiger partial charge in [-0.05, 0) is 24.1 Å². The molecule has 0 bridgehead atoms. The van der Waals surface area contributed by atoms with Crippen molar-refractivity contribution in [3.8, 4) is 0 Å². The highest BCUT2D eigenvalue weighted by molar-refractivity contribution is 7.90. The zero-order chi connectivity index (χ0) is 21.7. The second-order valence-electron chi connectivity index (χ2n) is 7.19. The van der Waals surface area contributed by atoms with Gasteiger partial charge in [0.25, 0.3) is 10.0 Å². The van der Waals surface area contributed by atoms with E-state index in [9.17, 15) is 18.0 Å². The molecule has 1 atom stereocenters. The highest BCUT2D eigenvalue weighted by Gasteiger charge is 2.35. The van der Waals surface area contributed by atoms with Crippen molar-refractivity contribution >= 4 is 22.0 Å². The van der Waals surface area contributed by atoms with E-state index in [1.807, 2.05) is 35.1 Å². The van der Waals surface area contributed by atoms with Gasteiger partial charge in [-0.15, -0.1) is 0 Å². The maximum atomic E-state index is 12.9. The fourth-order valence-electron chi connectivity index (χ4n) is 3.26. The zero-order valence-electron chi connectivity index (χ0n) is 16.9. The van der Waals surface area contributed by atoms with Crippen LogP contribution in [0, 0.1) is 6.92 Å². The smallest absolute Gasteiger partial charge is 0.329 e. The fourth-order valence-corrected chi connectivity index (χ4v) is 4.42. The van der Waals surface area contributed by atoms with E-state index in [2.05, 4.69) is 5.32 Å². The van der Waals surface area contributed by atoms with Crippen molar-refractivity contribution in [2.24, 2.45) is 0 Å². The summed E-state index contributed by atoms with van der Waals surface area (Å²) in [5, 5.41) is 2.53. The number of benzene rings is 2. The molecule has 0 spiro atoms. The van der Waals surface area contributed by atoms with Crippen LogP contribution in [0.25, 0.3) is 0 Å². The number of aryl methyl sites for hydroxylation is 1. The summed E-state index contributed by atoms with van der Waals surface area (Å²) >= 11 is 0. The Labute approximate surface area is 176 Å². The van der Waals surface area contributed by atoms with Crippen molar-refractivity contribution in [2.75, 3.05) is 20.2 Å². The van der Waals surface area contributed by atoms with Crippen LogP contribution < -0.4 is 10.0 Å². The van der Waals surface area contributed by atoms with Crippen LogP contribution in [0.5, 0.6) is 0 Å². The van der Waals surface area contributed by atoms with E-state index in [1.165, 1.54) is 6.07 Å². The first-order valence-electron chi connectivity index (χ1n) is 9.54. The zero-order valence-corrected chi connectivity index (χ0v) is 17.7. The topological polar surface area (TPSA) is 105 Å². The summed E-state index contributed by atoms with van der Waals surface area (Å²) in [6, 6.07) is 13.7. The minimum Gasteiger partial charge on any atom is -0.378 e. The third-order valence-electron chi connectivity index (χ3n) is 4.99. The van der Waals surface area contributed by atoms with Gasteiger partial charge < -0.3 is 15.0 Å². The van der Waals surface area contributed by atoms with Crippen LogP contribution in [0.4, 0.5) is 4.79 Å². The first-order chi connectivity index (χ1) is 14.3. The molecule has 160 valence electrons. The molecular formula is C21H25N3O5S. The molecule has 0 aliphatic carbocycles. The van der Waals surface area contributed by atoms with E-state index in [1.54, 1.807) is 37.1 Å². The van der Waals surface area contributed by atoms with Crippen molar-refractivity contribution in [1.29, 1.82) is 0 Å². The van der Waals surface area contributed by atoms with Crippen LogP contribution in [0.15, 0.2) is 59.5 Å². The normalized spacial score (nSPS) is 15.2. The lowest BCUT2D eigenvalue weighted by Gasteiger charge is -2.40. The Bertz CT molecular complexity index is 1000. The van der Waals surface area contributed by atoms with E-state index in [-0.39, 0.29) is 23.3 Å². The molecule has 0 aromatic heterocycles. The van der Waals surface area contributed by atoms with Gasteiger partial charge in [-0.25, -0.2) is 17.9 Å². The number of carbonyl (C=O) groups excluding carboxylic acids is 2. The van der Waals surface area contributed by atoms with Gasteiger partial charge in [0.15, 0.2) is 0 Å². The average molecular weight is 432 g/mol. The number of nitrogens with one attached hydrogen (secondary N) is 2. The number of methoxy groups -OCH3 is 1. The minimum atomic E-state index is -4.07. The number of hydrogen-bond donors (Lipinski definition) is 2. The number of amides is 3. The van der Waals surface area contributed by atoms with Crippen LogP contribution in [0.1, 0.15) is 11.1 Å². The van der Waals surface area contributed by atoms with Crippen LogP contribution in [-0.2, 0) is 26.0 Å². The van der Waals surface area contributed by atoms with E-state index in [0.717, 1.165) is 5.56 Å². The molecule has 8 nitrogen and oxygen atoms in total. The lowest BCUT2D eigenvalue weighted by Crippen LogP contribution is -2.61. The van der Waals surface area contributed by atoms with Crippen LogP contribution in [0.2, 0.25) is 0 Å². The highest BCUT2D eigenvalue weighted by Crippen LogP contribution is 2.16. The summed E-state index contributed by atoms with van der Waals surface area (Å²) in [6.07, 6.45) is 0.215. The summed E-state index contributed by atoms with van der Waals surface area (Å²) in [6.45, 7) is 2.52. The number of carbonyl (C=O) groups is 2. The quantitative estimate of drug-likeness (QED) is 0.691. The maximum absolute atomic E-state index is 12.9. The lowest BCUT2D eigenvalue weighted by molar-refractivity contribution is -0.145. The van der Waals surface area contributed by atoms with Crippen LogP contribution >= 0.6 is 0 Å². The van der Waals surface area contributed by atoms with Crippen molar-refractivity contribution in [2.45, 2.75) is 30.4 Å². The molecule has 3 rings (SSSR count). The minimum absolute atomic E-state index is 0.0109. The van der Waals surface area contributed by atoms with Gasteiger partial charge in [0.05, 0.1) is 11.0 Å². The molecule has 0 radical (unpaired) electrons. The molecule has 1 heterocycles. The van der Waals surface area contributed by atoms with Gasteiger partial charge in [0, 0.05) is 26.6 Å². The lowest BCUT2D eigenvalue weighted by atomic mass is 10.0. The second-order valence-corrected chi connectivity index (χ2v) is 8.84. The molecule has 1 aliphatic rings. The van der Waals surface area contributed by atoms with E-state index >= 15 is 0 Å². The molecule has 1 unspecified atom stereocenters. The number of hydrogen-bond acceptors (Lipinski definition) is 5. The van der Waals surface area contributed by atoms with Crippen LogP contribution in [0.3, 0.4) is 0 Å². The SMILES string of the molecule is COC1CN(C(=O)C(Cc2ccccc2)NC(=O)NS(=O)(=O)c2ccccc2C)C1. The molecule has 30 heavy (non-hydrogen) atoms. The number of urea groups is 1. The molecule has 9 heteroatoms. The van der Waals surface area contributed by atoms with E-state index in [0.29, 0.717) is 18.7 Å². The van der Waals surface area contributed by atoms with Gasteiger partial charge in [-0.1, -0.05) is 48.5 Å². The van der Waals surface area contributed by atoms with Gasteiger partial charge in [0.2, 0.25) is 5.91 Å². The number of likely N-dealkylation sites (tertiary alicyclic amines) is 1. The Kier molecular flexibility index (Phi) is 6.73. The number of rotatable bonds is 7. The molecular weight excluding hydrogens is 406 g/mol. The Morgan fingerprint density at radius 1 is 1.10 bits per heavy atom. The van der Waals surface area contributed by atoms with E-state index in [4.69, 9.17) is 4.74 Å². The van der Waals surface area contributed by atoms with Crippen molar-refractivity contribution in [3.05, 3.63) is 65.7 Å². The molecule has 1 fully saturated rings. The molecule has 2 aromatic rings. The van der Waals surface area contributed by atoms with Crippen molar-refractivity contribution in [3.63, 3.8) is 0 Å². The first-order valence-corrected chi connectivity index (χ1v) is 11.0. The summed E-state index contributed by atoms with van der Waals surface area (Å²) in [5.41, 5.74) is 1.36. The Morgan fingerprint density at radius 3 is 2.37 bits per heavy atom. The molecule has 1 saturated heterocycles. The molecule has 0 saturated carbocycles. The molecule has 3 amide bonds. The largest absolute Gasteiger partial charge is 0.378 e. The van der Waals surface area contributed by atoms with Crippen LogP contribution in [-0.4, -0.2) is 57.6 Å². The highest BCUT2D eigenvalue weighted by atomic mass is 32.2. The van der Waals surface area contributed by atoms with Crippen molar-refractivity contribution in [1.82, 2.24) is 14.9 Å². The summed E-state index contributed by atoms with van der Waals surface area (Å²) in [7, 11) is -2.49. The summed E-state index contributed by atoms with van der Waals surface area (Å²) in [4.78, 5) is 27.0.